The molecule has 0 saturated heterocycles. The molecule has 0 aliphatic rings. The summed E-state index contributed by atoms with van der Waals surface area (Å²) < 4.78 is 5.63. The molecule has 1 aromatic heterocycles. The van der Waals surface area contributed by atoms with Crippen molar-refractivity contribution in [1.29, 1.82) is 0 Å². The highest BCUT2D eigenvalue weighted by atomic mass is 16.3. The number of hydrogen-bond donors (Lipinski definition) is 2. The fourth-order valence-electron chi connectivity index (χ4n) is 1.49. The first-order valence-electron chi connectivity index (χ1n) is 5.01. The number of nitrogens with one attached hydrogen (secondary N) is 1. The van der Waals surface area contributed by atoms with Crippen LogP contribution < -0.4 is 11.1 Å². The number of nitrogen functional groups attached to an aromatic ring is 1. The summed E-state index contributed by atoms with van der Waals surface area (Å²) in [5, 5.41) is 4.31. The van der Waals surface area contributed by atoms with Crippen LogP contribution in [-0.4, -0.2) is 5.54 Å². The maximum atomic E-state index is 5.70. The van der Waals surface area contributed by atoms with Crippen molar-refractivity contribution in [3.05, 3.63) is 24.3 Å². The summed E-state index contributed by atoms with van der Waals surface area (Å²) in [6, 6.07) is 7.61. The number of furan rings is 1. The van der Waals surface area contributed by atoms with Gasteiger partial charge in [-0.15, -0.1) is 0 Å². The van der Waals surface area contributed by atoms with Gasteiger partial charge < -0.3 is 15.5 Å². The highest BCUT2D eigenvalue weighted by Gasteiger charge is 2.12. The second-order valence-corrected chi connectivity index (χ2v) is 4.78. The quantitative estimate of drug-likeness (QED) is 0.701. The van der Waals surface area contributed by atoms with Crippen molar-refractivity contribution in [3.63, 3.8) is 0 Å². The molecule has 0 atom stereocenters. The third-order valence-electron chi connectivity index (χ3n) is 2.04. The number of nitrogens with two attached hydrogens (primary N) is 1. The summed E-state index contributed by atoms with van der Waals surface area (Å²) >= 11 is 0. The molecule has 3 N–H and O–H groups in total. The van der Waals surface area contributed by atoms with Crippen LogP contribution in [0.1, 0.15) is 20.8 Å². The van der Waals surface area contributed by atoms with Crippen molar-refractivity contribution in [2.24, 2.45) is 0 Å². The lowest BCUT2D eigenvalue weighted by atomic mass is 10.1. The van der Waals surface area contributed by atoms with Gasteiger partial charge in [0.15, 0.2) is 5.88 Å². The topological polar surface area (TPSA) is 51.2 Å². The molecule has 0 aliphatic heterocycles. The van der Waals surface area contributed by atoms with E-state index >= 15 is 0 Å². The molecule has 0 amide bonds. The first-order chi connectivity index (χ1) is 6.94. The van der Waals surface area contributed by atoms with E-state index in [1.165, 1.54) is 0 Å². The van der Waals surface area contributed by atoms with Gasteiger partial charge in [-0.25, -0.2) is 0 Å². The van der Waals surface area contributed by atoms with E-state index in [9.17, 15) is 0 Å². The maximum Gasteiger partial charge on any atom is 0.194 e. The van der Waals surface area contributed by atoms with Gasteiger partial charge >= 0.3 is 0 Å². The molecule has 0 aliphatic carbocycles. The maximum absolute atomic E-state index is 5.70. The Morgan fingerprint density at radius 2 is 1.93 bits per heavy atom. The van der Waals surface area contributed by atoms with Gasteiger partial charge in [-0.3, -0.25) is 0 Å². The zero-order chi connectivity index (χ0) is 11.1. The fourth-order valence-corrected chi connectivity index (χ4v) is 1.49. The smallest absolute Gasteiger partial charge is 0.194 e. The monoisotopic (exact) mass is 204 g/mol. The van der Waals surface area contributed by atoms with Crippen LogP contribution in [0.25, 0.3) is 11.0 Å². The Morgan fingerprint density at radius 1 is 1.20 bits per heavy atom. The summed E-state index contributed by atoms with van der Waals surface area (Å²) in [6.45, 7) is 6.28. The van der Waals surface area contributed by atoms with Gasteiger partial charge in [-0.1, -0.05) is 0 Å². The highest BCUT2D eigenvalue weighted by molar-refractivity contribution is 5.83. The van der Waals surface area contributed by atoms with Crippen LogP contribution in [0.2, 0.25) is 0 Å². The average molecular weight is 204 g/mol. The van der Waals surface area contributed by atoms with E-state index in [1.54, 1.807) is 0 Å². The number of hydrogen-bond acceptors (Lipinski definition) is 3. The van der Waals surface area contributed by atoms with Gasteiger partial charge in [0.2, 0.25) is 0 Å². The molecule has 15 heavy (non-hydrogen) atoms. The van der Waals surface area contributed by atoms with E-state index in [-0.39, 0.29) is 5.54 Å². The zero-order valence-electron chi connectivity index (χ0n) is 9.29. The van der Waals surface area contributed by atoms with E-state index in [2.05, 4.69) is 26.1 Å². The first kappa shape index (κ1) is 9.90. The Balaban J connectivity index is 2.39. The summed E-state index contributed by atoms with van der Waals surface area (Å²) in [4.78, 5) is 0. The van der Waals surface area contributed by atoms with Crippen LogP contribution in [0.4, 0.5) is 11.6 Å². The van der Waals surface area contributed by atoms with Gasteiger partial charge in [0.25, 0.3) is 0 Å². The van der Waals surface area contributed by atoms with Gasteiger partial charge in [0, 0.05) is 22.7 Å². The third-order valence-corrected chi connectivity index (χ3v) is 2.04. The Morgan fingerprint density at radius 3 is 2.60 bits per heavy atom. The van der Waals surface area contributed by atoms with Crippen molar-refractivity contribution < 1.29 is 4.42 Å². The molecule has 1 aromatic carbocycles. The number of fused-ring (bicyclic) bond motifs is 1. The predicted molar refractivity (Wildman–Crippen MR) is 64.0 cm³/mol. The summed E-state index contributed by atoms with van der Waals surface area (Å²) in [5.74, 6) is 0.781. The van der Waals surface area contributed by atoms with Crippen molar-refractivity contribution >= 4 is 22.5 Å². The minimum Gasteiger partial charge on any atom is -0.441 e. The molecule has 0 fully saturated rings. The van der Waals surface area contributed by atoms with Crippen molar-refractivity contribution in [1.82, 2.24) is 0 Å². The number of benzene rings is 1. The molecular formula is C12H16N2O. The zero-order valence-corrected chi connectivity index (χ0v) is 9.29. The van der Waals surface area contributed by atoms with E-state index in [0.29, 0.717) is 0 Å². The molecular weight excluding hydrogens is 188 g/mol. The normalized spacial score (nSPS) is 11.9. The van der Waals surface area contributed by atoms with E-state index in [4.69, 9.17) is 10.2 Å². The van der Waals surface area contributed by atoms with E-state index in [1.807, 2.05) is 24.3 Å². The largest absolute Gasteiger partial charge is 0.441 e. The Kier molecular flexibility index (Phi) is 2.11. The molecule has 0 saturated carbocycles. The van der Waals surface area contributed by atoms with Crippen molar-refractivity contribution in [2.45, 2.75) is 26.3 Å². The molecule has 1 heterocycles. The highest BCUT2D eigenvalue weighted by Crippen LogP contribution is 2.26. The summed E-state index contributed by atoms with van der Waals surface area (Å²) in [5.41, 5.74) is 7.31. The van der Waals surface area contributed by atoms with Crippen LogP contribution in [0.15, 0.2) is 28.7 Å². The minimum atomic E-state index is -0.000575. The van der Waals surface area contributed by atoms with Crippen LogP contribution in [0.3, 0.4) is 0 Å². The number of anilines is 2. The van der Waals surface area contributed by atoms with Crippen molar-refractivity contribution in [3.8, 4) is 0 Å². The lowest BCUT2D eigenvalue weighted by molar-refractivity contribution is 0.565. The third kappa shape index (κ3) is 2.24. The summed E-state index contributed by atoms with van der Waals surface area (Å²) in [6.07, 6.45) is 0. The molecule has 2 rings (SSSR count). The molecule has 0 spiro atoms. The molecule has 3 nitrogen and oxygen atoms in total. The average Bonchev–Trinajstić information content (AvgIpc) is 2.42. The lowest BCUT2D eigenvalue weighted by Gasteiger charge is -2.19. The Hall–Kier alpha value is -1.64. The molecule has 80 valence electrons. The van der Waals surface area contributed by atoms with Gasteiger partial charge in [-0.2, -0.15) is 0 Å². The SMILES string of the molecule is CC(C)(C)Nc1cc2cc(N)ccc2o1. The molecule has 2 aromatic rings. The standard InChI is InChI=1S/C12H16N2O/c1-12(2,3)14-11-7-8-6-9(13)4-5-10(8)15-11/h4-7,14H,13H2,1-3H3. The minimum absolute atomic E-state index is 0.000575. The molecule has 0 bridgehead atoms. The van der Waals surface area contributed by atoms with Crippen molar-refractivity contribution in [2.75, 3.05) is 11.1 Å². The van der Waals surface area contributed by atoms with Gasteiger partial charge in [0.05, 0.1) is 0 Å². The van der Waals surface area contributed by atoms with E-state index < -0.39 is 0 Å². The fraction of sp³-hybridized carbons (Fsp3) is 0.333. The van der Waals surface area contributed by atoms with Crippen LogP contribution >= 0.6 is 0 Å². The van der Waals surface area contributed by atoms with Crippen LogP contribution in [0.5, 0.6) is 0 Å². The molecule has 3 heteroatoms. The van der Waals surface area contributed by atoms with Gasteiger partial charge in [-0.05, 0) is 39.0 Å². The van der Waals surface area contributed by atoms with Gasteiger partial charge in [0.1, 0.15) is 5.58 Å². The Labute approximate surface area is 89.3 Å². The predicted octanol–water partition coefficient (Wildman–Crippen LogP) is 3.23. The summed E-state index contributed by atoms with van der Waals surface area (Å²) in [7, 11) is 0. The molecule has 0 unspecified atom stereocenters. The number of rotatable bonds is 1. The second kappa shape index (κ2) is 3.19. The lowest BCUT2D eigenvalue weighted by Crippen LogP contribution is -2.25. The first-order valence-corrected chi connectivity index (χ1v) is 5.01. The molecule has 0 radical (unpaired) electrons. The van der Waals surface area contributed by atoms with Crippen LogP contribution in [-0.2, 0) is 0 Å². The van der Waals surface area contributed by atoms with Crippen LogP contribution in [0, 0.1) is 0 Å². The Bertz CT molecular complexity index is 480. The van der Waals surface area contributed by atoms with E-state index in [0.717, 1.165) is 22.5 Å². The second-order valence-electron chi connectivity index (χ2n) is 4.78.